The Morgan fingerprint density at radius 3 is 2.61 bits per heavy atom. The molecule has 0 bridgehead atoms. The second-order valence-electron chi connectivity index (χ2n) is 6.06. The van der Waals surface area contributed by atoms with Crippen molar-refractivity contribution in [3.05, 3.63) is 59.7 Å². The summed E-state index contributed by atoms with van der Waals surface area (Å²) in [5.74, 6) is 1.57. The van der Waals surface area contributed by atoms with Crippen LogP contribution in [0, 0.1) is 5.92 Å². The van der Waals surface area contributed by atoms with Crippen molar-refractivity contribution in [2.24, 2.45) is 5.92 Å². The van der Waals surface area contributed by atoms with Crippen LogP contribution in [0.1, 0.15) is 24.0 Å². The number of ether oxygens (including phenoxy) is 1. The number of carbonyl (C=O) groups excluding carboxylic acids is 1. The lowest BCUT2D eigenvalue weighted by atomic mass is 10.1. The van der Waals surface area contributed by atoms with Crippen molar-refractivity contribution in [1.82, 2.24) is 5.32 Å². The molecule has 3 N–H and O–H groups in total. The van der Waals surface area contributed by atoms with E-state index in [2.05, 4.69) is 5.32 Å². The number of amides is 1. The molecule has 1 aliphatic carbocycles. The number of para-hydroxylation sites is 1. The Balaban J connectivity index is 1.52. The number of anilines is 1. The number of carbonyl (C=O) groups is 1. The highest BCUT2D eigenvalue weighted by molar-refractivity contribution is 5.78. The molecule has 0 saturated heterocycles. The summed E-state index contributed by atoms with van der Waals surface area (Å²) in [6.07, 6.45) is 2.88. The first-order valence-corrected chi connectivity index (χ1v) is 8.02. The summed E-state index contributed by atoms with van der Waals surface area (Å²) in [6, 6.07) is 15.2. The monoisotopic (exact) mass is 310 g/mol. The number of nitrogen functional groups attached to an aromatic ring is 1. The predicted octanol–water partition coefficient (Wildman–Crippen LogP) is 2.92. The first-order valence-electron chi connectivity index (χ1n) is 8.02. The van der Waals surface area contributed by atoms with Gasteiger partial charge in [0.2, 0.25) is 5.91 Å². The lowest BCUT2D eigenvalue weighted by molar-refractivity contribution is -0.120. The fraction of sp³-hybridized carbons (Fsp3) is 0.316. The van der Waals surface area contributed by atoms with Gasteiger partial charge in [0.25, 0.3) is 0 Å². The van der Waals surface area contributed by atoms with E-state index in [-0.39, 0.29) is 5.91 Å². The summed E-state index contributed by atoms with van der Waals surface area (Å²) in [4.78, 5) is 12.1. The van der Waals surface area contributed by atoms with E-state index in [0.29, 0.717) is 24.6 Å². The van der Waals surface area contributed by atoms with Crippen LogP contribution in [0.3, 0.4) is 0 Å². The van der Waals surface area contributed by atoms with E-state index < -0.39 is 0 Å². The minimum Gasteiger partial charge on any atom is -0.493 e. The Labute approximate surface area is 136 Å². The van der Waals surface area contributed by atoms with Crippen LogP contribution in [-0.4, -0.2) is 12.5 Å². The lowest BCUT2D eigenvalue weighted by Crippen LogP contribution is -2.24. The average molecular weight is 310 g/mol. The molecule has 2 aromatic rings. The highest BCUT2D eigenvalue weighted by Gasteiger charge is 2.22. The van der Waals surface area contributed by atoms with Crippen molar-refractivity contribution >= 4 is 11.6 Å². The number of hydrogen-bond donors (Lipinski definition) is 2. The molecular weight excluding hydrogens is 288 g/mol. The lowest BCUT2D eigenvalue weighted by Gasteiger charge is -2.12. The molecule has 0 unspecified atom stereocenters. The number of nitrogens with one attached hydrogen (secondary N) is 1. The zero-order valence-electron chi connectivity index (χ0n) is 13.1. The molecule has 0 radical (unpaired) electrons. The highest BCUT2D eigenvalue weighted by atomic mass is 16.5. The predicted molar refractivity (Wildman–Crippen MR) is 91.1 cm³/mol. The van der Waals surface area contributed by atoms with Gasteiger partial charge in [0.15, 0.2) is 0 Å². The highest BCUT2D eigenvalue weighted by Crippen LogP contribution is 2.30. The zero-order valence-corrected chi connectivity index (χ0v) is 13.1. The molecule has 1 amide bonds. The molecule has 0 spiro atoms. The number of benzene rings is 2. The molecule has 1 aliphatic rings. The van der Waals surface area contributed by atoms with E-state index in [1.165, 1.54) is 12.8 Å². The van der Waals surface area contributed by atoms with Crippen molar-refractivity contribution in [2.75, 3.05) is 12.3 Å². The molecule has 0 aliphatic heterocycles. The van der Waals surface area contributed by atoms with E-state index >= 15 is 0 Å². The normalized spacial score (nSPS) is 13.6. The Kier molecular flexibility index (Phi) is 4.81. The second kappa shape index (κ2) is 7.18. The van der Waals surface area contributed by atoms with E-state index in [4.69, 9.17) is 10.5 Å². The van der Waals surface area contributed by atoms with Crippen LogP contribution < -0.4 is 15.8 Å². The largest absolute Gasteiger partial charge is 0.493 e. The Bertz CT molecular complexity index is 663. The minimum atomic E-state index is -0.00762. The van der Waals surface area contributed by atoms with Crippen LogP contribution in [0.15, 0.2) is 48.5 Å². The number of rotatable bonds is 7. The number of hydrogen-bond acceptors (Lipinski definition) is 3. The van der Waals surface area contributed by atoms with E-state index in [1.54, 1.807) is 0 Å². The van der Waals surface area contributed by atoms with E-state index in [9.17, 15) is 4.79 Å². The maximum Gasteiger partial charge on any atom is 0.224 e. The first kappa shape index (κ1) is 15.4. The van der Waals surface area contributed by atoms with Crippen LogP contribution in [-0.2, 0) is 17.8 Å². The van der Waals surface area contributed by atoms with Gasteiger partial charge in [0, 0.05) is 17.8 Å². The summed E-state index contributed by atoms with van der Waals surface area (Å²) in [7, 11) is 0. The van der Waals surface area contributed by atoms with E-state index in [0.717, 1.165) is 23.5 Å². The van der Waals surface area contributed by atoms with Gasteiger partial charge in [0.1, 0.15) is 5.75 Å². The van der Waals surface area contributed by atoms with Crippen LogP contribution in [0.2, 0.25) is 0 Å². The van der Waals surface area contributed by atoms with Crippen molar-refractivity contribution in [2.45, 2.75) is 25.8 Å². The summed E-state index contributed by atoms with van der Waals surface area (Å²) in [5, 5.41) is 2.96. The summed E-state index contributed by atoms with van der Waals surface area (Å²) in [6.45, 7) is 1.26. The van der Waals surface area contributed by atoms with Crippen molar-refractivity contribution in [1.29, 1.82) is 0 Å². The maximum absolute atomic E-state index is 12.1. The fourth-order valence-electron chi connectivity index (χ4n) is 2.36. The van der Waals surface area contributed by atoms with Gasteiger partial charge in [-0.2, -0.15) is 0 Å². The SMILES string of the molecule is Nc1ccc(CC(=O)NCc2ccccc2OCC2CC2)cc1. The van der Waals surface area contributed by atoms with Gasteiger partial charge in [-0.3, -0.25) is 4.79 Å². The third-order valence-corrected chi connectivity index (χ3v) is 3.96. The van der Waals surface area contributed by atoms with Crippen molar-refractivity contribution < 1.29 is 9.53 Å². The molecule has 3 rings (SSSR count). The van der Waals surface area contributed by atoms with Crippen LogP contribution in [0.25, 0.3) is 0 Å². The third kappa shape index (κ3) is 4.74. The van der Waals surface area contributed by atoms with Crippen LogP contribution in [0.5, 0.6) is 5.75 Å². The van der Waals surface area contributed by atoms with Gasteiger partial charge in [0.05, 0.1) is 13.0 Å². The molecule has 120 valence electrons. The summed E-state index contributed by atoms with van der Waals surface area (Å²) < 4.78 is 5.86. The van der Waals surface area contributed by atoms with Gasteiger partial charge in [-0.15, -0.1) is 0 Å². The molecule has 0 atom stereocenters. The number of nitrogens with two attached hydrogens (primary N) is 1. The van der Waals surface area contributed by atoms with Crippen molar-refractivity contribution in [3.8, 4) is 5.75 Å². The van der Waals surface area contributed by atoms with Gasteiger partial charge in [-0.25, -0.2) is 0 Å². The Morgan fingerprint density at radius 2 is 1.87 bits per heavy atom. The minimum absolute atomic E-state index is 0.00762. The molecule has 2 aromatic carbocycles. The second-order valence-corrected chi connectivity index (χ2v) is 6.06. The standard InChI is InChI=1S/C19H22N2O2/c20-17-9-7-14(8-10-17)11-19(22)21-12-16-3-1-2-4-18(16)23-13-15-5-6-15/h1-4,7-10,15H,5-6,11-13,20H2,(H,21,22). The average Bonchev–Trinajstić information content (AvgIpc) is 3.38. The third-order valence-electron chi connectivity index (χ3n) is 3.96. The molecule has 23 heavy (non-hydrogen) atoms. The first-order chi connectivity index (χ1) is 11.2. The molecule has 0 aromatic heterocycles. The summed E-state index contributed by atoms with van der Waals surface area (Å²) in [5.41, 5.74) is 8.32. The van der Waals surface area contributed by atoms with Gasteiger partial charge in [-0.05, 0) is 42.5 Å². The van der Waals surface area contributed by atoms with Crippen LogP contribution in [0.4, 0.5) is 5.69 Å². The molecule has 1 fully saturated rings. The van der Waals surface area contributed by atoms with Crippen molar-refractivity contribution in [3.63, 3.8) is 0 Å². The molecule has 4 nitrogen and oxygen atoms in total. The molecule has 1 saturated carbocycles. The molecular formula is C19H22N2O2. The fourth-order valence-corrected chi connectivity index (χ4v) is 2.36. The quantitative estimate of drug-likeness (QED) is 0.773. The van der Waals surface area contributed by atoms with Crippen LogP contribution >= 0.6 is 0 Å². The smallest absolute Gasteiger partial charge is 0.224 e. The molecule has 0 heterocycles. The zero-order chi connectivity index (χ0) is 16.1. The van der Waals surface area contributed by atoms with Gasteiger partial charge < -0.3 is 15.8 Å². The maximum atomic E-state index is 12.1. The topological polar surface area (TPSA) is 64.4 Å². The Hall–Kier alpha value is -2.49. The van der Waals surface area contributed by atoms with Gasteiger partial charge >= 0.3 is 0 Å². The van der Waals surface area contributed by atoms with Gasteiger partial charge in [-0.1, -0.05) is 30.3 Å². The van der Waals surface area contributed by atoms with E-state index in [1.807, 2.05) is 48.5 Å². The summed E-state index contributed by atoms with van der Waals surface area (Å²) >= 11 is 0. The Morgan fingerprint density at radius 1 is 1.13 bits per heavy atom. The molecule has 4 heteroatoms.